The molecule has 2 N–H and O–H groups in total. The molecule has 86 valence electrons. The molecular formula is C8H21N2OPS2. The molecule has 0 saturated carbocycles. The first-order valence-electron chi connectivity index (χ1n) is 4.76. The predicted octanol–water partition coefficient (Wildman–Crippen LogP) is 3.49. The van der Waals surface area contributed by atoms with Crippen LogP contribution in [0.1, 0.15) is 34.6 Å². The number of hydrogen-bond donors (Lipinski definition) is 2. The lowest BCUT2D eigenvalue weighted by atomic mass is 10.1. The highest BCUT2D eigenvalue weighted by atomic mass is 33.1. The molecule has 0 aliphatic carbocycles. The summed E-state index contributed by atoms with van der Waals surface area (Å²) in [6.07, 6.45) is 0. The summed E-state index contributed by atoms with van der Waals surface area (Å²) in [4.78, 5) is 0. The van der Waals surface area contributed by atoms with E-state index in [1.807, 2.05) is 34.6 Å². The summed E-state index contributed by atoms with van der Waals surface area (Å²) >= 11 is 2.98. The molecule has 0 fully saturated rings. The van der Waals surface area contributed by atoms with E-state index in [-0.39, 0.29) is 5.54 Å². The van der Waals surface area contributed by atoms with Crippen LogP contribution < -0.4 is 10.6 Å². The van der Waals surface area contributed by atoms with Crippen molar-refractivity contribution in [2.75, 3.05) is 11.5 Å². The fraction of sp³-hybridized carbons (Fsp3) is 1.00. The van der Waals surface area contributed by atoms with Gasteiger partial charge >= 0.3 is 0 Å². The molecule has 6 heteroatoms. The first kappa shape index (κ1) is 14.8. The first-order chi connectivity index (χ1) is 6.33. The maximum Gasteiger partial charge on any atom is 0.267 e. The molecule has 0 unspecified atom stereocenters. The highest BCUT2D eigenvalue weighted by Crippen LogP contribution is 2.64. The molecule has 0 aromatic heterocycles. The first-order valence-corrected chi connectivity index (χ1v) is 9.65. The maximum absolute atomic E-state index is 12.2. The summed E-state index contributed by atoms with van der Waals surface area (Å²) in [5, 5.41) is 2.97. The van der Waals surface area contributed by atoms with Crippen molar-refractivity contribution in [2.24, 2.45) is 0 Å². The van der Waals surface area contributed by atoms with E-state index in [1.165, 1.54) is 22.8 Å². The van der Waals surface area contributed by atoms with E-state index in [0.717, 1.165) is 11.5 Å². The fourth-order valence-corrected chi connectivity index (χ4v) is 7.53. The third kappa shape index (κ3) is 7.18. The molecule has 0 aliphatic rings. The van der Waals surface area contributed by atoms with Crippen molar-refractivity contribution in [3.8, 4) is 0 Å². The molecule has 0 aliphatic heterocycles. The van der Waals surface area contributed by atoms with E-state index in [2.05, 4.69) is 10.6 Å². The summed E-state index contributed by atoms with van der Waals surface area (Å²) in [7, 11) is 0. The van der Waals surface area contributed by atoms with Gasteiger partial charge in [0.15, 0.2) is 0 Å². The molecule has 0 aromatic carbocycles. The molecule has 0 saturated heterocycles. The largest absolute Gasteiger partial charge is 0.282 e. The minimum absolute atomic E-state index is 0.0573. The van der Waals surface area contributed by atoms with Crippen LogP contribution in [0.2, 0.25) is 0 Å². The van der Waals surface area contributed by atoms with Gasteiger partial charge in [0.2, 0.25) is 0 Å². The normalized spacial score (nSPS) is 13.2. The third-order valence-electron chi connectivity index (χ3n) is 1.17. The van der Waals surface area contributed by atoms with Crippen molar-refractivity contribution >= 4 is 28.5 Å². The summed E-state index contributed by atoms with van der Waals surface area (Å²) in [5.41, 5.74) is 0.676. The Morgan fingerprint density at radius 2 is 1.57 bits per heavy atom. The van der Waals surface area contributed by atoms with Crippen molar-refractivity contribution in [3.05, 3.63) is 0 Å². The Morgan fingerprint density at radius 3 is 1.86 bits per heavy atom. The summed E-state index contributed by atoms with van der Waals surface area (Å²) in [6.45, 7) is 10.2. The molecule has 0 amide bonds. The molecule has 14 heavy (non-hydrogen) atoms. The highest BCUT2D eigenvalue weighted by molar-refractivity contribution is 8.90. The Kier molecular flexibility index (Phi) is 6.83. The van der Waals surface area contributed by atoms with Gasteiger partial charge in [0.25, 0.3) is 5.70 Å². The zero-order valence-electron chi connectivity index (χ0n) is 9.59. The Hall–Kier alpha value is 0.850. The van der Waals surface area contributed by atoms with Gasteiger partial charge in [0.05, 0.1) is 0 Å². The van der Waals surface area contributed by atoms with E-state index in [1.54, 1.807) is 0 Å². The number of hydrazine groups is 1. The average molecular weight is 256 g/mol. The smallest absolute Gasteiger partial charge is 0.267 e. The Balaban J connectivity index is 4.16. The quantitative estimate of drug-likeness (QED) is 0.562. The molecule has 0 heterocycles. The van der Waals surface area contributed by atoms with Gasteiger partial charge in [-0.3, -0.25) is 4.57 Å². The van der Waals surface area contributed by atoms with Crippen LogP contribution in [0, 0.1) is 0 Å². The van der Waals surface area contributed by atoms with Gasteiger partial charge in [-0.2, -0.15) is 5.20 Å². The van der Waals surface area contributed by atoms with Gasteiger partial charge in [-0.25, -0.2) is 5.43 Å². The highest BCUT2D eigenvalue weighted by Gasteiger charge is 2.23. The maximum atomic E-state index is 12.2. The van der Waals surface area contributed by atoms with Crippen molar-refractivity contribution in [3.63, 3.8) is 0 Å². The second kappa shape index (κ2) is 6.44. The van der Waals surface area contributed by atoms with Crippen LogP contribution in [0.5, 0.6) is 0 Å². The molecule has 0 spiro atoms. The van der Waals surface area contributed by atoms with Crippen molar-refractivity contribution < 1.29 is 4.57 Å². The van der Waals surface area contributed by atoms with Crippen LogP contribution in [-0.4, -0.2) is 17.0 Å². The van der Waals surface area contributed by atoms with E-state index < -0.39 is 5.70 Å². The van der Waals surface area contributed by atoms with Gasteiger partial charge in [-0.1, -0.05) is 36.6 Å². The van der Waals surface area contributed by atoms with Crippen molar-refractivity contribution in [1.82, 2.24) is 10.6 Å². The lowest BCUT2D eigenvalue weighted by Crippen LogP contribution is -2.43. The topological polar surface area (TPSA) is 41.1 Å². The number of hydrogen-bond acceptors (Lipinski definition) is 4. The fourth-order valence-electron chi connectivity index (χ4n) is 0.678. The number of nitrogens with one attached hydrogen (secondary N) is 2. The molecule has 0 rings (SSSR count). The Morgan fingerprint density at radius 1 is 1.14 bits per heavy atom. The zero-order chi connectivity index (χ0) is 11.2. The molecule has 3 nitrogen and oxygen atoms in total. The van der Waals surface area contributed by atoms with Crippen LogP contribution in [0.3, 0.4) is 0 Å². The monoisotopic (exact) mass is 256 g/mol. The van der Waals surface area contributed by atoms with Crippen LogP contribution in [-0.2, 0) is 4.57 Å². The van der Waals surface area contributed by atoms with Crippen LogP contribution in [0.4, 0.5) is 0 Å². The summed E-state index contributed by atoms with van der Waals surface area (Å²) in [6, 6.07) is 0. The Labute approximate surface area is 95.5 Å². The van der Waals surface area contributed by atoms with Crippen LogP contribution >= 0.6 is 28.5 Å². The standard InChI is InChI=1S/C8H21N2OPS2/c1-6-13-12(11,14-7-2)10-9-8(3,4)5/h9H,6-7H2,1-5H3,(H,10,11). The predicted molar refractivity (Wildman–Crippen MR) is 69.9 cm³/mol. The molecule has 0 bridgehead atoms. The van der Waals surface area contributed by atoms with E-state index in [0.29, 0.717) is 0 Å². The van der Waals surface area contributed by atoms with Crippen molar-refractivity contribution in [2.45, 2.75) is 40.2 Å². The van der Waals surface area contributed by atoms with Gasteiger partial charge in [-0.15, -0.1) is 0 Å². The van der Waals surface area contributed by atoms with Crippen molar-refractivity contribution in [1.29, 1.82) is 0 Å². The molecule has 0 atom stereocenters. The summed E-state index contributed by atoms with van der Waals surface area (Å²) in [5.74, 6) is 1.73. The number of rotatable bonds is 6. The third-order valence-corrected chi connectivity index (χ3v) is 8.78. The van der Waals surface area contributed by atoms with Gasteiger partial charge in [0.1, 0.15) is 0 Å². The van der Waals surface area contributed by atoms with Gasteiger partial charge < -0.3 is 0 Å². The van der Waals surface area contributed by atoms with Gasteiger partial charge in [-0.05, 0) is 32.3 Å². The minimum atomic E-state index is -2.34. The van der Waals surface area contributed by atoms with E-state index >= 15 is 0 Å². The molecule has 0 aromatic rings. The lowest BCUT2D eigenvalue weighted by Gasteiger charge is -2.25. The minimum Gasteiger partial charge on any atom is -0.282 e. The Bertz CT molecular complexity index is 196. The summed E-state index contributed by atoms with van der Waals surface area (Å²) < 4.78 is 12.2. The SMILES string of the molecule is CCSP(=O)(NNC(C)(C)C)SCC. The molecular weight excluding hydrogens is 235 g/mol. The van der Waals surface area contributed by atoms with E-state index in [4.69, 9.17) is 0 Å². The lowest BCUT2D eigenvalue weighted by molar-refractivity contribution is 0.407. The van der Waals surface area contributed by atoms with Crippen LogP contribution in [0.25, 0.3) is 0 Å². The second-order valence-electron chi connectivity index (χ2n) is 3.82. The van der Waals surface area contributed by atoms with E-state index in [9.17, 15) is 4.57 Å². The van der Waals surface area contributed by atoms with Crippen LogP contribution in [0.15, 0.2) is 0 Å². The second-order valence-corrected chi connectivity index (χ2v) is 12.0. The zero-order valence-corrected chi connectivity index (χ0v) is 12.1. The van der Waals surface area contributed by atoms with Gasteiger partial charge in [0, 0.05) is 5.54 Å². The molecule has 0 radical (unpaired) electrons. The average Bonchev–Trinajstić information content (AvgIpc) is 2.01.